The number of piperazine rings is 1. The van der Waals surface area contributed by atoms with Gasteiger partial charge in [-0.3, -0.25) is 9.69 Å². The number of hydrogen-bond acceptors (Lipinski definition) is 7. The Morgan fingerprint density at radius 3 is 2.68 bits per heavy atom. The molecule has 1 fully saturated rings. The van der Waals surface area contributed by atoms with Crippen molar-refractivity contribution in [2.45, 2.75) is 20.0 Å². The number of benzene rings is 1. The van der Waals surface area contributed by atoms with Crippen LogP contribution in [0, 0.1) is 17.0 Å². The third-order valence-corrected chi connectivity index (χ3v) is 5.51. The lowest BCUT2D eigenvalue weighted by molar-refractivity contribution is -0.389. The molecule has 1 aliphatic rings. The first-order valence-corrected chi connectivity index (χ1v) is 10.2. The summed E-state index contributed by atoms with van der Waals surface area (Å²) in [7, 11) is 0. The van der Waals surface area contributed by atoms with Gasteiger partial charge in [-0.15, -0.1) is 0 Å². The number of carbonyl (C=O) groups is 1. The van der Waals surface area contributed by atoms with Gasteiger partial charge in [0.2, 0.25) is 0 Å². The first-order chi connectivity index (χ1) is 14.9. The first-order valence-electron chi connectivity index (χ1n) is 9.80. The standard InChI is InChI=1S/C20H21ClN6O4/c1-14-17(13-26-6-5-18(22-26)27(29)30)19(23-31-14)20(28)25-9-7-24(8-10-25)12-15-3-2-4-16(21)11-15/h2-6,11H,7-10,12-13H2,1H3. The van der Waals surface area contributed by atoms with Crippen LogP contribution in [0.3, 0.4) is 0 Å². The molecular weight excluding hydrogens is 424 g/mol. The lowest BCUT2D eigenvalue weighted by Crippen LogP contribution is -2.48. The number of halogens is 1. The Morgan fingerprint density at radius 2 is 2.00 bits per heavy atom. The maximum Gasteiger partial charge on any atom is 0.389 e. The fraction of sp³-hybridized carbons (Fsp3) is 0.350. The average Bonchev–Trinajstić information content (AvgIpc) is 3.36. The monoisotopic (exact) mass is 444 g/mol. The molecule has 2 aromatic heterocycles. The summed E-state index contributed by atoms with van der Waals surface area (Å²) < 4.78 is 6.65. The molecule has 1 aliphatic heterocycles. The van der Waals surface area contributed by atoms with Gasteiger partial charge in [-0.1, -0.05) is 28.9 Å². The van der Waals surface area contributed by atoms with E-state index in [1.807, 2.05) is 24.3 Å². The van der Waals surface area contributed by atoms with E-state index in [1.54, 1.807) is 11.8 Å². The molecule has 1 amide bonds. The van der Waals surface area contributed by atoms with E-state index in [0.29, 0.717) is 29.4 Å². The van der Waals surface area contributed by atoms with E-state index in [2.05, 4.69) is 15.2 Å². The molecule has 0 aliphatic carbocycles. The van der Waals surface area contributed by atoms with Gasteiger partial charge in [0.1, 0.15) is 5.76 Å². The van der Waals surface area contributed by atoms with E-state index in [4.69, 9.17) is 16.1 Å². The van der Waals surface area contributed by atoms with Gasteiger partial charge in [-0.25, -0.2) is 0 Å². The van der Waals surface area contributed by atoms with E-state index in [9.17, 15) is 14.9 Å². The zero-order valence-electron chi connectivity index (χ0n) is 16.9. The van der Waals surface area contributed by atoms with Crippen LogP contribution >= 0.6 is 11.6 Å². The third-order valence-electron chi connectivity index (χ3n) is 5.28. The van der Waals surface area contributed by atoms with Crippen LogP contribution in [0.4, 0.5) is 5.82 Å². The second-order valence-electron chi connectivity index (χ2n) is 7.39. The number of rotatable bonds is 6. The highest BCUT2D eigenvalue weighted by molar-refractivity contribution is 6.30. The van der Waals surface area contributed by atoms with Gasteiger partial charge < -0.3 is 19.5 Å². The lowest BCUT2D eigenvalue weighted by Gasteiger charge is -2.34. The molecule has 1 saturated heterocycles. The van der Waals surface area contributed by atoms with Gasteiger partial charge in [0, 0.05) is 37.7 Å². The summed E-state index contributed by atoms with van der Waals surface area (Å²) in [5.74, 6) is 0.0230. The molecule has 4 rings (SSSR count). The molecule has 10 nitrogen and oxygen atoms in total. The van der Waals surface area contributed by atoms with Crippen LogP contribution in [-0.4, -0.2) is 61.7 Å². The minimum atomic E-state index is -0.564. The van der Waals surface area contributed by atoms with Gasteiger partial charge >= 0.3 is 5.82 Å². The molecule has 0 N–H and O–H groups in total. The molecule has 3 aromatic rings. The van der Waals surface area contributed by atoms with Crippen molar-refractivity contribution < 1.29 is 14.2 Å². The zero-order valence-corrected chi connectivity index (χ0v) is 17.7. The Balaban J connectivity index is 1.40. The molecule has 0 radical (unpaired) electrons. The van der Waals surface area contributed by atoms with Crippen molar-refractivity contribution in [3.05, 3.63) is 74.2 Å². The Bertz CT molecular complexity index is 1100. The number of hydrogen-bond donors (Lipinski definition) is 0. The molecule has 162 valence electrons. The van der Waals surface area contributed by atoms with E-state index in [-0.39, 0.29) is 24.0 Å². The minimum absolute atomic E-state index is 0.166. The third kappa shape index (κ3) is 4.75. The quantitative estimate of drug-likeness (QED) is 0.424. The summed E-state index contributed by atoms with van der Waals surface area (Å²) in [6.07, 6.45) is 1.49. The van der Waals surface area contributed by atoms with Gasteiger partial charge in [0.25, 0.3) is 5.91 Å². The van der Waals surface area contributed by atoms with Crippen LogP contribution in [0.5, 0.6) is 0 Å². The average molecular weight is 445 g/mol. The summed E-state index contributed by atoms with van der Waals surface area (Å²) in [4.78, 5) is 27.4. The van der Waals surface area contributed by atoms with E-state index in [0.717, 1.165) is 25.2 Å². The second kappa shape index (κ2) is 8.86. The van der Waals surface area contributed by atoms with Crippen molar-refractivity contribution in [1.82, 2.24) is 24.7 Å². The Labute approximate surface area is 183 Å². The van der Waals surface area contributed by atoms with Crippen molar-refractivity contribution in [2.24, 2.45) is 0 Å². The van der Waals surface area contributed by atoms with Gasteiger partial charge in [0.05, 0.1) is 29.5 Å². The Morgan fingerprint density at radius 1 is 1.23 bits per heavy atom. The van der Waals surface area contributed by atoms with Crippen LogP contribution in [0.1, 0.15) is 27.4 Å². The molecule has 11 heteroatoms. The van der Waals surface area contributed by atoms with E-state index < -0.39 is 4.92 Å². The SMILES string of the molecule is Cc1onc(C(=O)N2CCN(Cc3cccc(Cl)c3)CC2)c1Cn1ccc([N+](=O)[O-])n1. The zero-order chi connectivity index (χ0) is 22.0. The Hall–Kier alpha value is -3.24. The highest BCUT2D eigenvalue weighted by Gasteiger charge is 2.28. The fourth-order valence-corrected chi connectivity index (χ4v) is 3.81. The number of aryl methyl sites for hydroxylation is 1. The van der Waals surface area contributed by atoms with E-state index >= 15 is 0 Å². The number of amides is 1. The van der Waals surface area contributed by atoms with Gasteiger partial charge in [0.15, 0.2) is 5.69 Å². The number of aromatic nitrogens is 3. The summed E-state index contributed by atoms with van der Waals surface area (Å²) >= 11 is 6.06. The van der Waals surface area contributed by atoms with Crippen LogP contribution < -0.4 is 0 Å². The molecule has 0 bridgehead atoms. The van der Waals surface area contributed by atoms with Gasteiger partial charge in [-0.05, 0) is 29.5 Å². The van der Waals surface area contributed by atoms with Crippen molar-refractivity contribution in [3.8, 4) is 0 Å². The lowest BCUT2D eigenvalue weighted by atomic mass is 10.1. The van der Waals surface area contributed by atoms with Crippen LogP contribution in [0.2, 0.25) is 5.02 Å². The maximum absolute atomic E-state index is 13.1. The summed E-state index contributed by atoms with van der Waals surface area (Å²) in [5, 5.41) is 19.4. The molecule has 0 spiro atoms. The van der Waals surface area contributed by atoms with Crippen molar-refractivity contribution in [2.75, 3.05) is 26.2 Å². The Kier molecular flexibility index (Phi) is 6.01. The number of nitrogens with zero attached hydrogens (tertiary/aromatic N) is 6. The number of carbonyl (C=O) groups excluding carboxylic acids is 1. The molecule has 0 saturated carbocycles. The molecular formula is C20H21ClN6O4. The van der Waals surface area contributed by atoms with Crippen molar-refractivity contribution in [3.63, 3.8) is 0 Å². The number of nitro groups is 1. The van der Waals surface area contributed by atoms with Crippen molar-refractivity contribution >= 4 is 23.3 Å². The van der Waals surface area contributed by atoms with Gasteiger partial charge in [-0.2, -0.15) is 4.68 Å². The molecule has 31 heavy (non-hydrogen) atoms. The summed E-state index contributed by atoms with van der Waals surface area (Å²) in [6, 6.07) is 9.07. The maximum atomic E-state index is 13.1. The second-order valence-corrected chi connectivity index (χ2v) is 7.83. The van der Waals surface area contributed by atoms with Crippen LogP contribution in [-0.2, 0) is 13.1 Å². The molecule has 1 aromatic carbocycles. The predicted octanol–water partition coefficient (Wildman–Crippen LogP) is 2.75. The highest BCUT2D eigenvalue weighted by atomic mass is 35.5. The first kappa shape index (κ1) is 21.0. The molecule has 3 heterocycles. The van der Waals surface area contributed by atoms with Crippen LogP contribution in [0.15, 0.2) is 41.1 Å². The van der Waals surface area contributed by atoms with E-state index in [1.165, 1.54) is 16.9 Å². The molecule has 0 unspecified atom stereocenters. The normalized spacial score (nSPS) is 14.7. The smallest absolute Gasteiger partial charge is 0.361 e. The van der Waals surface area contributed by atoms with Crippen LogP contribution in [0.25, 0.3) is 0 Å². The predicted molar refractivity (Wildman–Crippen MR) is 112 cm³/mol. The largest absolute Gasteiger partial charge is 0.389 e. The highest BCUT2D eigenvalue weighted by Crippen LogP contribution is 2.20. The summed E-state index contributed by atoms with van der Waals surface area (Å²) in [5.41, 5.74) is 1.93. The fourth-order valence-electron chi connectivity index (χ4n) is 3.60. The molecule has 0 atom stereocenters. The minimum Gasteiger partial charge on any atom is -0.361 e. The topological polar surface area (TPSA) is 111 Å². The summed E-state index contributed by atoms with van der Waals surface area (Å²) in [6.45, 7) is 5.25. The van der Waals surface area contributed by atoms with Crippen molar-refractivity contribution in [1.29, 1.82) is 0 Å².